The molecule has 1 saturated heterocycles. The Morgan fingerprint density at radius 2 is 1.73 bits per heavy atom. The van der Waals surface area contributed by atoms with Crippen LogP contribution in [0.4, 0.5) is 0 Å². The van der Waals surface area contributed by atoms with Crippen LogP contribution in [0.25, 0.3) is 0 Å². The minimum absolute atomic E-state index is 0.0301. The fraction of sp³-hybridized carbons (Fsp3) is 0.909. The molecule has 1 rings (SSSR count). The smallest absolute Gasteiger partial charge is 0.293 e. The van der Waals surface area contributed by atoms with Gasteiger partial charge in [-0.15, -0.1) is 0 Å². The van der Waals surface area contributed by atoms with Crippen LogP contribution in [0.1, 0.15) is 27.7 Å². The van der Waals surface area contributed by atoms with Gasteiger partial charge in [-0.25, -0.2) is 0 Å². The molecule has 0 amide bonds. The van der Waals surface area contributed by atoms with Crippen molar-refractivity contribution in [2.45, 2.75) is 33.8 Å². The summed E-state index contributed by atoms with van der Waals surface area (Å²) in [5.41, 5.74) is 0. The van der Waals surface area contributed by atoms with Gasteiger partial charge in [0.05, 0.1) is 6.10 Å². The predicted octanol–water partition coefficient (Wildman–Crippen LogP) is 1.12. The van der Waals surface area contributed by atoms with Gasteiger partial charge < -0.3 is 15.0 Å². The zero-order valence-corrected chi connectivity index (χ0v) is 10.7. The highest BCUT2D eigenvalue weighted by molar-refractivity contribution is 5.37. The average molecular weight is 218 g/mol. The third-order valence-corrected chi connectivity index (χ3v) is 1.67. The summed E-state index contributed by atoms with van der Waals surface area (Å²) in [6.45, 7) is 12.8. The van der Waals surface area contributed by atoms with Gasteiger partial charge in [0.1, 0.15) is 0 Å². The molecule has 0 aliphatic carbocycles. The van der Waals surface area contributed by atoms with E-state index < -0.39 is 0 Å². The van der Waals surface area contributed by atoms with Gasteiger partial charge in [0.15, 0.2) is 0 Å². The lowest BCUT2D eigenvalue weighted by molar-refractivity contribution is -0.131. The summed E-state index contributed by atoms with van der Waals surface area (Å²) in [6.07, 6.45) is 0.0301. The van der Waals surface area contributed by atoms with E-state index in [-0.39, 0.29) is 6.10 Å². The minimum atomic E-state index is 0.0301. The molecule has 0 aromatic rings. The Hall–Kier alpha value is -0.610. The number of rotatable bonds is 2. The molecule has 0 saturated carbocycles. The van der Waals surface area contributed by atoms with Crippen LogP contribution in [0.2, 0.25) is 0 Å². The summed E-state index contributed by atoms with van der Waals surface area (Å²) in [7, 11) is 2.15. The van der Waals surface area contributed by atoms with E-state index in [2.05, 4.69) is 22.0 Å². The van der Waals surface area contributed by atoms with E-state index in [0.29, 0.717) is 6.47 Å². The molecule has 92 valence electrons. The molecule has 0 aromatic carbocycles. The second-order valence-electron chi connectivity index (χ2n) is 3.33. The summed E-state index contributed by atoms with van der Waals surface area (Å²) >= 11 is 0. The molecule has 1 heterocycles. The number of hydrogen-bond donors (Lipinski definition) is 1. The lowest BCUT2D eigenvalue weighted by Crippen LogP contribution is -2.40. The van der Waals surface area contributed by atoms with E-state index in [1.807, 2.05) is 13.8 Å². The van der Waals surface area contributed by atoms with Crippen LogP contribution in [0.3, 0.4) is 0 Å². The van der Waals surface area contributed by atoms with Gasteiger partial charge in [-0.2, -0.15) is 0 Å². The van der Waals surface area contributed by atoms with Crippen molar-refractivity contribution in [3.63, 3.8) is 0 Å². The predicted molar refractivity (Wildman–Crippen MR) is 64.0 cm³/mol. The van der Waals surface area contributed by atoms with Crippen LogP contribution < -0.4 is 5.32 Å². The maximum Gasteiger partial charge on any atom is 0.293 e. The first-order chi connectivity index (χ1) is 7.16. The summed E-state index contributed by atoms with van der Waals surface area (Å²) in [6, 6.07) is 0. The maximum atomic E-state index is 9.39. The molecular formula is C11H26N2O2. The highest BCUT2D eigenvalue weighted by Gasteiger charge is 2.01. The first-order valence-corrected chi connectivity index (χ1v) is 5.65. The third-order valence-electron chi connectivity index (χ3n) is 1.67. The topological polar surface area (TPSA) is 41.6 Å². The monoisotopic (exact) mass is 218 g/mol. The van der Waals surface area contributed by atoms with Crippen molar-refractivity contribution in [3.8, 4) is 0 Å². The number of likely N-dealkylation sites (N-methyl/N-ethyl adjacent to an activating group) is 1. The molecule has 1 fully saturated rings. The van der Waals surface area contributed by atoms with Crippen LogP contribution in [0, 0.1) is 0 Å². The van der Waals surface area contributed by atoms with Crippen molar-refractivity contribution >= 4 is 6.47 Å². The summed E-state index contributed by atoms with van der Waals surface area (Å²) in [5.74, 6) is 0. The zero-order valence-electron chi connectivity index (χ0n) is 10.7. The quantitative estimate of drug-likeness (QED) is 0.705. The van der Waals surface area contributed by atoms with Crippen LogP contribution in [0.5, 0.6) is 0 Å². The Kier molecular flexibility index (Phi) is 15.0. The van der Waals surface area contributed by atoms with E-state index in [1.165, 1.54) is 13.1 Å². The highest BCUT2D eigenvalue weighted by atomic mass is 16.5. The maximum absolute atomic E-state index is 9.39. The summed E-state index contributed by atoms with van der Waals surface area (Å²) in [4.78, 5) is 11.7. The lowest BCUT2D eigenvalue weighted by atomic mass is 10.4. The highest BCUT2D eigenvalue weighted by Crippen LogP contribution is 1.83. The van der Waals surface area contributed by atoms with Gasteiger partial charge in [0, 0.05) is 26.2 Å². The normalized spacial score (nSPS) is 15.6. The molecule has 15 heavy (non-hydrogen) atoms. The number of hydrogen-bond acceptors (Lipinski definition) is 4. The second-order valence-corrected chi connectivity index (χ2v) is 3.33. The molecule has 0 unspecified atom stereocenters. The van der Waals surface area contributed by atoms with Gasteiger partial charge in [-0.1, -0.05) is 13.8 Å². The van der Waals surface area contributed by atoms with Crippen molar-refractivity contribution in [2.75, 3.05) is 33.2 Å². The van der Waals surface area contributed by atoms with Crippen molar-refractivity contribution < 1.29 is 9.53 Å². The lowest BCUT2D eigenvalue weighted by Gasteiger charge is -2.21. The largest absolute Gasteiger partial charge is 0.465 e. The summed E-state index contributed by atoms with van der Waals surface area (Å²) < 4.78 is 4.36. The van der Waals surface area contributed by atoms with E-state index >= 15 is 0 Å². The van der Waals surface area contributed by atoms with Gasteiger partial charge in [0.2, 0.25) is 0 Å². The van der Waals surface area contributed by atoms with Gasteiger partial charge in [0.25, 0.3) is 6.47 Å². The number of carbonyl (C=O) groups excluding carboxylic acids is 1. The molecule has 0 spiro atoms. The molecule has 0 bridgehead atoms. The summed E-state index contributed by atoms with van der Waals surface area (Å²) in [5, 5.41) is 3.27. The van der Waals surface area contributed by atoms with Crippen LogP contribution in [-0.2, 0) is 9.53 Å². The van der Waals surface area contributed by atoms with E-state index in [1.54, 1.807) is 13.8 Å². The molecule has 1 N–H and O–H groups in total. The molecule has 0 aromatic heterocycles. The SMILES string of the molecule is CC.CC(C)OC=O.CN1CCNCC1. The standard InChI is InChI=1S/C5H12N2.C4H8O2.C2H6/c1-7-4-2-6-3-5-7;1-4(2)6-3-5;1-2/h6H,2-5H2,1H3;3-4H,1-2H3;1-2H3. The Balaban J connectivity index is 0. The van der Waals surface area contributed by atoms with E-state index in [0.717, 1.165) is 13.1 Å². The van der Waals surface area contributed by atoms with Crippen molar-refractivity contribution in [2.24, 2.45) is 0 Å². The minimum Gasteiger partial charge on any atom is -0.465 e. The van der Waals surface area contributed by atoms with Crippen molar-refractivity contribution in [1.82, 2.24) is 10.2 Å². The molecule has 1 aliphatic heterocycles. The van der Waals surface area contributed by atoms with Gasteiger partial charge in [-0.05, 0) is 20.9 Å². The fourth-order valence-corrected chi connectivity index (χ4v) is 0.888. The van der Waals surface area contributed by atoms with Crippen molar-refractivity contribution in [1.29, 1.82) is 0 Å². The number of nitrogens with zero attached hydrogens (tertiary/aromatic N) is 1. The molecule has 0 radical (unpaired) electrons. The molecule has 0 atom stereocenters. The number of piperazine rings is 1. The number of carbonyl (C=O) groups is 1. The van der Waals surface area contributed by atoms with Crippen LogP contribution in [-0.4, -0.2) is 50.7 Å². The Morgan fingerprint density at radius 3 is 1.87 bits per heavy atom. The molecule has 4 nitrogen and oxygen atoms in total. The average Bonchev–Trinajstić information content (AvgIpc) is 2.22. The first kappa shape index (κ1) is 16.8. The van der Waals surface area contributed by atoms with E-state index in [4.69, 9.17) is 0 Å². The molecular weight excluding hydrogens is 192 g/mol. The van der Waals surface area contributed by atoms with Crippen LogP contribution >= 0.6 is 0 Å². The van der Waals surface area contributed by atoms with Gasteiger partial charge in [-0.3, -0.25) is 4.79 Å². The number of nitrogens with one attached hydrogen (secondary N) is 1. The Morgan fingerprint density at radius 1 is 1.27 bits per heavy atom. The molecule has 1 aliphatic rings. The second kappa shape index (κ2) is 13.4. The van der Waals surface area contributed by atoms with Crippen LogP contribution in [0.15, 0.2) is 0 Å². The number of ether oxygens (including phenoxy) is 1. The molecule has 4 heteroatoms. The third kappa shape index (κ3) is 16.1. The Labute approximate surface area is 94.0 Å². The Bertz CT molecular complexity index is 124. The first-order valence-electron chi connectivity index (χ1n) is 5.65. The van der Waals surface area contributed by atoms with Crippen molar-refractivity contribution in [3.05, 3.63) is 0 Å². The zero-order chi connectivity index (χ0) is 12.1. The van der Waals surface area contributed by atoms with Gasteiger partial charge >= 0.3 is 0 Å². The van der Waals surface area contributed by atoms with E-state index in [9.17, 15) is 4.79 Å². The fourth-order valence-electron chi connectivity index (χ4n) is 0.888.